The second-order valence-corrected chi connectivity index (χ2v) is 14.0. The summed E-state index contributed by atoms with van der Waals surface area (Å²) in [6.07, 6.45) is 1.95. The fourth-order valence-corrected chi connectivity index (χ4v) is 7.81. The van der Waals surface area contributed by atoms with Crippen LogP contribution < -0.4 is 16.4 Å². The van der Waals surface area contributed by atoms with Gasteiger partial charge in [0.2, 0.25) is 11.8 Å². The lowest BCUT2D eigenvalue weighted by molar-refractivity contribution is -0.136. The van der Waals surface area contributed by atoms with Crippen molar-refractivity contribution in [3.63, 3.8) is 0 Å². The van der Waals surface area contributed by atoms with Gasteiger partial charge in [0.05, 0.1) is 25.8 Å². The SMILES string of the molecule is CCNC(=O)CN(C)C(=O)CCC(NC(=O)C(OC(N)=O)C(Cc1cccc(Cl)c1)C1CCCCC1)C(O)P(=O)(OCC)OCC. The maximum Gasteiger partial charge on any atom is 0.405 e. The number of amides is 4. The summed E-state index contributed by atoms with van der Waals surface area (Å²) < 4.78 is 29.8. The number of aliphatic hydroxyl groups is 1. The Kier molecular flexibility index (Phi) is 17.0. The number of halogens is 1. The Balaban J connectivity index is 2.43. The quantitative estimate of drug-likeness (QED) is 0.156. The third kappa shape index (κ3) is 12.5. The number of carbonyl (C=O) groups excluding carboxylic acids is 4. The summed E-state index contributed by atoms with van der Waals surface area (Å²) in [7, 11) is -2.75. The molecule has 1 fully saturated rings. The number of nitrogens with zero attached hydrogens (tertiary/aromatic N) is 1. The van der Waals surface area contributed by atoms with E-state index in [1.165, 1.54) is 11.9 Å². The first kappa shape index (κ1) is 39.5. The number of primary amides is 1. The highest BCUT2D eigenvalue weighted by Gasteiger charge is 2.44. The summed E-state index contributed by atoms with van der Waals surface area (Å²) >= 11 is 6.25. The van der Waals surface area contributed by atoms with E-state index < -0.39 is 49.4 Å². The Morgan fingerprint density at radius 3 is 2.33 bits per heavy atom. The van der Waals surface area contributed by atoms with Crippen LogP contribution in [0.25, 0.3) is 0 Å². The Labute approximate surface area is 276 Å². The molecule has 260 valence electrons. The van der Waals surface area contributed by atoms with Crippen LogP contribution >= 0.6 is 19.2 Å². The predicted molar refractivity (Wildman–Crippen MR) is 174 cm³/mol. The van der Waals surface area contributed by atoms with E-state index in [2.05, 4.69) is 10.6 Å². The zero-order chi connectivity index (χ0) is 34.3. The first-order valence-corrected chi connectivity index (χ1v) is 17.9. The number of rotatable bonds is 19. The fraction of sp³-hybridized carbons (Fsp3) is 0.677. The smallest absolute Gasteiger partial charge is 0.405 e. The van der Waals surface area contributed by atoms with Crippen LogP contribution in [-0.2, 0) is 39.2 Å². The van der Waals surface area contributed by atoms with Crippen LogP contribution in [0.4, 0.5) is 4.79 Å². The van der Waals surface area contributed by atoms with E-state index >= 15 is 0 Å². The van der Waals surface area contributed by atoms with Gasteiger partial charge in [-0.1, -0.05) is 55.8 Å². The van der Waals surface area contributed by atoms with E-state index in [9.17, 15) is 28.8 Å². The van der Waals surface area contributed by atoms with Crippen molar-refractivity contribution in [2.75, 3.05) is 33.4 Å². The average molecular weight is 689 g/mol. The van der Waals surface area contributed by atoms with Gasteiger partial charge in [0.1, 0.15) is 0 Å². The molecule has 46 heavy (non-hydrogen) atoms. The van der Waals surface area contributed by atoms with Crippen molar-refractivity contribution in [3.8, 4) is 0 Å². The van der Waals surface area contributed by atoms with E-state index in [1.54, 1.807) is 39.0 Å². The molecule has 4 unspecified atom stereocenters. The van der Waals surface area contributed by atoms with Crippen LogP contribution in [-0.4, -0.2) is 85.2 Å². The highest BCUT2D eigenvalue weighted by Crippen LogP contribution is 2.53. The second-order valence-electron chi connectivity index (χ2n) is 11.4. The summed E-state index contributed by atoms with van der Waals surface area (Å²) in [6.45, 7) is 5.01. The van der Waals surface area contributed by atoms with Crippen molar-refractivity contribution in [1.82, 2.24) is 15.5 Å². The van der Waals surface area contributed by atoms with Crippen molar-refractivity contribution in [3.05, 3.63) is 34.9 Å². The van der Waals surface area contributed by atoms with Crippen molar-refractivity contribution in [2.45, 2.75) is 90.1 Å². The Morgan fingerprint density at radius 2 is 1.76 bits per heavy atom. The molecule has 2 rings (SSSR count). The molecular formula is C31H50ClN4O9P. The van der Waals surface area contributed by atoms with Crippen LogP contribution in [0.1, 0.15) is 71.3 Å². The van der Waals surface area contributed by atoms with Crippen LogP contribution in [0, 0.1) is 11.8 Å². The van der Waals surface area contributed by atoms with Crippen LogP contribution in [0.2, 0.25) is 5.02 Å². The summed E-state index contributed by atoms with van der Waals surface area (Å²) in [6, 6.07) is 5.87. The van der Waals surface area contributed by atoms with E-state index in [0.717, 1.165) is 37.7 Å². The van der Waals surface area contributed by atoms with Gasteiger partial charge in [-0.15, -0.1) is 0 Å². The van der Waals surface area contributed by atoms with Crippen molar-refractivity contribution >= 4 is 43.0 Å². The molecule has 4 amide bonds. The summed E-state index contributed by atoms with van der Waals surface area (Å²) in [5.41, 5.74) is 6.31. The minimum atomic E-state index is -4.20. The average Bonchev–Trinajstić information content (AvgIpc) is 3.01. The number of aliphatic hydroxyl groups excluding tert-OH is 1. The number of carbonyl (C=O) groups is 4. The number of hydrogen-bond donors (Lipinski definition) is 4. The summed E-state index contributed by atoms with van der Waals surface area (Å²) in [4.78, 5) is 52.4. The minimum Gasteiger partial charge on any atom is -0.436 e. The molecule has 1 saturated carbocycles. The molecule has 5 N–H and O–H groups in total. The fourth-order valence-electron chi connectivity index (χ4n) is 5.84. The molecular weight excluding hydrogens is 639 g/mol. The van der Waals surface area contributed by atoms with Gasteiger partial charge in [-0.05, 0) is 57.2 Å². The van der Waals surface area contributed by atoms with Gasteiger partial charge in [0.25, 0.3) is 5.91 Å². The third-order valence-electron chi connectivity index (χ3n) is 7.99. The van der Waals surface area contributed by atoms with Gasteiger partial charge in [0.15, 0.2) is 11.9 Å². The molecule has 1 aliphatic rings. The number of nitrogens with one attached hydrogen (secondary N) is 2. The highest BCUT2D eigenvalue weighted by molar-refractivity contribution is 7.54. The largest absolute Gasteiger partial charge is 0.436 e. The zero-order valence-corrected chi connectivity index (χ0v) is 28.9. The summed E-state index contributed by atoms with van der Waals surface area (Å²) in [5.74, 6) is -3.93. The molecule has 0 aliphatic heterocycles. The maximum absolute atomic E-state index is 14.1. The predicted octanol–water partition coefficient (Wildman–Crippen LogP) is 3.99. The number of hydrogen-bond acceptors (Lipinski definition) is 9. The molecule has 1 aromatic rings. The highest BCUT2D eigenvalue weighted by atomic mass is 35.5. The molecule has 1 aliphatic carbocycles. The summed E-state index contributed by atoms with van der Waals surface area (Å²) in [5, 5.41) is 17.2. The van der Waals surface area contributed by atoms with Crippen molar-refractivity contribution in [1.29, 1.82) is 0 Å². The molecule has 4 atom stereocenters. The van der Waals surface area contributed by atoms with Gasteiger partial charge in [0, 0.05) is 31.0 Å². The van der Waals surface area contributed by atoms with Gasteiger partial charge in [-0.3, -0.25) is 18.9 Å². The van der Waals surface area contributed by atoms with Gasteiger partial charge < -0.3 is 40.2 Å². The van der Waals surface area contributed by atoms with Gasteiger partial charge in [-0.25, -0.2) is 4.79 Å². The zero-order valence-electron chi connectivity index (χ0n) is 27.2. The van der Waals surface area contributed by atoms with Crippen LogP contribution in [0.3, 0.4) is 0 Å². The van der Waals surface area contributed by atoms with Crippen molar-refractivity contribution in [2.24, 2.45) is 17.6 Å². The molecule has 15 heteroatoms. The number of ether oxygens (including phenoxy) is 1. The van der Waals surface area contributed by atoms with E-state index in [0.29, 0.717) is 18.0 Å². The standard InChI is InChI=1S/C31H50ClN4O9P/c1-5-34-26(37)20-36(4)27(38)17-16-25(30(40)46(42,43-6-2)44-7-3)35-29(39)28(45-31(33)41)24(22-13-9-8-10-14-22)19-21-12-11-15-23(32)18-21/h11-12,15,18,22,24-25,28,30,40H,5-10,13-14,16-17,19-20H2,1-4H3,(H2,33,41)(H,34,37)(H,35,39). The first-order chi connectivity index (χ1) is 21.8. The number of likely N-dealkylation sites (N-methyl/N-ethyl adjacent to an activating group) is 2. The number of benzene rings is 1. The lowest BCUT2D eigenvalue weighted by atomic mass is 9.74. The lowest BCUT2D eigenvalue weighted by Gasteiger charge is -2.36. The normalized spacial score (nSPS) is 16.5. The van der Waals surface area contributed by atoms with E-state index in [4.69, 9.17) is 31.1 Å². The van der Waals surface area contributed by atoms with Gasteiger partial charge >= 0.3 is 13.7 Å². The van der Waals surface area contributed by atoms with Crippen LogP contribution in [0.5, 0.6) is 0 Å². The molecule has 0 bridgehead atoms. The second kappa shape index (κ2) is 19.8. The molecule has 1 aromatic carbocycles. The number of nitrogens with two attached hydrogens (primary N) is 1. The maximum atomic E-state index is 14.1. The Morgan fingerprint density at radius 1 is 1.11 bits per heavy atom. The van der Waals surface area contributed by atoms with Crippen molar-refractivity contribution < 1.29 is 42.6 Å². The monoisotopic (exact) mass is 688 g/mol. The molecule has 0 radical (unpaired) electrons. The molecule has 0 heterocycles. The van der Waals surface area contributed by atoms with E-state index in [1.807, 2.05) is 6.07 Å². The molecule has 0 spiro atoms. The van der Waals surface area contributed by atoms with E-state index in [-0.39, 0.29) is 44.4 Å². The third-order valence-corrected chi connectivity index (χ3v) is 10.5. The molecule has 0 aromatic heterocycles. The first-order valence-electron chi connectivity index (χ1n) is 15.9. The van der Waals surface area contributed by atoms with Crippen LogP contribution in [0.15, 0.2) is 24.3 Å². The Hall–Kier alpha value is -2.70. The lowest BCUT2D eigenvalue weighted by Crippen LogP contribution is -2.52. The minimum absolute atomic E-state index is 0.00801. The van der Waals surface area contributed by atoms with Gasteiger partial charge in [-0.2, -0.15) is 0 Å². The topological polar surface area (TPSA) is 187 Å². The Bertz CT molecular complexity index is 1190. The molecule has 0 saturated heterocycles. The molecule has 13 nitrogen and oxygen atoms in total.